The van der Waals surface area contributed by atoms with Crippen LogP contribution in [0.3, 0.4) is 0 Å². The summed E-state index contributed by atoms with van der Waals surface area (Å²) in [7, 11) is 0. The van der Waals surface area contributed by atoms with Gasteiger partial charge in [-0.3, -0.25) is 30.7 Å². The Morgan fingerprint density at radius 2 is 1.96 bits per heavy atom. The van der Waals surface area contributed by atoms with Crippen molar-refractivity contribution in [3.63, 3.8) is 0 Å². The second-order valence-electron chi connectivity index (χ2n) is 5.13. The maximum absolute atomic E-state index is 12.1. The van der Waals surface area contributed by atoms with Gasteiger partial charge < -0.3 is 5.32 Å². The minimum atomic E-state index is -0.661. The molecule has 2 aromatic heterocycles. The van der Waals surface area contributed by atoms with Crippen LogP contribution in [0.15, 0.2) is 55.1 Å². The third-order valence-corrected chi connectivity index (χ3v) is 3.55. The normalized spacial score (nSPS) is 10.1. The van der Waals surface area contributed by atoms with Gasteiger partial charge >= 0.3 is 5.69 Å². The van der Waals surface area contributed by atoms with Gasteiger partial charge in [-0.1, -0.05) is 17.7 Å². The van der Waals surface area contributed by atoms with Crippen molar-refractivity contribution in [1.82, 2.24) is 20.4 Å². The van der Waals surface area contributed by atoms with Crippen LogP contribution in [0.2, 0.25) is 5.02 Å². The topological polar surface area (TPSA) is 135 Å². The lowest BCUT2D eigenvalue weighted by atomic mass is 10.3. The molecule has 0 spiro atoms. The standard InChI is InChI=1S/C16H12ClN7O3/c17-11-4-1-5-12(7-11)21-14-13(24(26)27)15(20-9-19-14)22-23-16(25)10-3-2-6-18-8-10/h1-9H,(H,23,25)(H2,19,20,21,22). The quantitative estimate of drug-likeness (QED) is 0.435. The summed E-state index contributed by atoms with van der Waals surface area (Å²) in [6.07, 6.45) is 4.00. The van der Waals surface area contributed by atoms with Gasteiger partial charge in [0, 0.05) is 23.1 Å². The fourth-order valence-corrected chi connectivity index (χ4v) is 2.31. The number of halogens is 1. The summed E-state index contributed by atoms with van der Waals surface area (Å²) in [5.41, 5.74) is 5.13. The number of nitrogens with zero attached hydrogens (tertiary/aromatic N) is 4. The molecule has 1 amide bonds. The Morgan fingerprint density at radius 1 is 1.15 bits per heavy atom. The number of hydrogen-bond donors (Lipinski definition) is 3. The van der Waals surface area contributed by atoms with Crippen molar-refractivity contribution >= 4 is 40.5 Å². The Balaban J connectivity index is 1.83. The summed E-state index contributed by atoms with van der Waals surface area (Å²) in [6.45, 7) is 0. The molecule has 0 unspecified atom stereocenters. The minimum Gasteiger partial charge on any atom is -0.334 e. The van der Waals surface area contributed by atoms with Gasteiger partial charge in [-0.05, 0) is 30.3 Å². The van der Waals surface area contributed by atoms with Crippen molar-refractivity contribution in [1.29, 1.82) is 0 Å². The number of amides is 1. The van der Waals surface area contributed by atoms with Gasteiger partial charge in [0.25, 0.3) is 5.91 Å². The first-order valence-electron chi connectivity index (χ1n) is 7.53. The number of aromatic nitrogens is 3. The van der Waals surface area contributed by atoms with Gasteiger partial charge in [-0.15, -0.1) is 0 Å². The third-order valence-electron chi connectivity index (χ3n) is 3.31. The Labute approximate surface area is 157 Å². The molecular formula is C16H12ClN7O3. The zero-order valence-corrected chi connectivity index (χ0v) is 14.3. The monoisotopic (exact) mass is 385 g/mol. The summed E-state index contributed by atoms with van der Waals surface area (Å²) in [4.78, 5) is 34.5. The number of carbonyl (C=O) groups is 1. The van der Waals surface area contributed by atoms with E-state index in [0.29, 0.717) is 10.7 Å². The number of hydrazine groups is 1. The SMILES string of the molecule is O=C(NNc1ncnc(Nc2cccc(Cl)c2)c1[N+](=O)[O-])c1cccnc1. The van der Waals surface area contributed by atoms with E-state index in [1.165, 1.54) is 12.4 Å². The first-order valence-corrected chi connectivity index (χ1v) is 7.91. The fourth-order valence-electron chi connectivity index (χ4n) is 2.12. The number of pyridine rings is 1. The lowest BCUT2D eigenvalue weighted by Crippen LogP contribution is -2.30. The number of anilines is 3. The number of nitro groups is 1. The zero-order chi connectivity index (χ0) is 19.2. The molecule has 0 fully saturated rings. The first-order chi connectivity index (χ1) is 13.0. The summed E-state index contributed by atoms with van der Waals surface area (Å²) < 4.78 is 0. The summed E-state index contributed by atoms with van der Waals surface area (Å²) in [5.74, 6) is -0.771. The van der Waals surface area contributed by atoms with Crippen LogP contribution in [-0.2, 0) is 0 Å². The van der Waals surface area contributed by atoms with E-state index >= 15 is 0 Å². The predicted octanol–water partition coefficient (Wildman–Crippen LogP) is 2.93. The molecule has 0 saturated heterocycles. The van der Waals surface area contributed by atoms with E-state index in [9.17, 15) is 14.9 Å². The van der Waals surface area contributed by atoms with Crippen LogP contribution in [0.5, 0.6) is 0 Å². The van der Waals surface area contributed by atoms with E-state index in [0.717, 1.165) is 6.33 Å². The molecule has 3 N–H and O–H groups in total. The van der Waals surface area contributed by atoms with Crippen LogP contribution in [-0.4, -0.2) is 25.8 Å². The number of nitrogens with one attached hydrogen (secondary N) is 3. The second-order valence-corrected chi connectivity index (χ2v) is 5.57. The van der Waals surface area contributed by atoms with Gasteiger partial charge in [0.05, 0.1) is 10.5 Å². The maximum atomic E-state index is 12.1. The number of carbonyl (C=O) groups excluding carboxylic acids is 1. The highest BCUT2D eigenvalue weighted by atomic mass is 35.5. The van der Waals surface area contributed by atoms with Crippen molar-refractivity contribution in [2.75, 3.05) is 10.7 Å². The minimum absolute atomic E-state index is 0.0598. The number of benzene rings is 1. The average Bonchev–Trinajstić information content (AvgIpc) is 2.66. The molecule has 3 aromatic rings. The molecule has 0 saturated carbocycles. The molecule has 3 rings (SSSR count). The molecule has 136 valence electrons. The summed E-state index contributed by atoms with van der Waals surface area (Å²) in [5, 5.41) is 14.8. The van der Waals surface area contributed by atoms with Crippen LogP contribution in [0.25, 0.3) is 0 Å². The molecule has 10 nitrogen and oxygen atoms in total. The molecule has 0 bridgehead atoms. The van der Waals surface area contributed by atoms with Gasteiger partial charge in [0.15, 0.2) is 0 Å². The Kier molecular flexibility index (Phi) is 5.38. The van der Waals surface area contributed by atoms with Gasteiger partial charge in [0.2, 0.25) is 11.6 Å². The number of hydrogen-bond acceptors (Lipinski definition) is 8. The van der Waals surface area contributed by atoms with Crippen LogP contribution >= 0.6 is 11.6 Å². The van der Waals surface area contributed by atoms with Crippen LogP contribution in [0, 0.1) is 10.1 Å². The lowest BCUT2D eigenvalue weighted by molar-refractivity contribution is -0.383. The molecule has 0 aliphatic rings. The molecule has 2 heterocycles. The predicted molar refractivity (Wildman–Crippen MR) is 98.7 cm³/mol. The second kappa shape index (κ2) is 8.06. The van der Waals surface area contributed by atoms with Crippen LogP contribution < -0.4 is 16.2 Å². The average molecular weight is 386 g/mol. The van der Waals surface area contributed by atoms with Crippen molar-refractivity contribution < 1.29 is 9.72 Å². The van der Waals surface area contributed by atoms with Crippen LogP contribution in [0.4, 0.5) is 23.0 Å². The molecular weight excluding hydrogens is 374 g/mol. The van der Waals surface area contributed by atoms with E-state index in [-0.39, 0.29) is 17.2 Å². The van der Waals surface area contributed by atoms with Crippen molar-refractivity contribution in [2.24, 2.45) is 0 Å². The smallest absolute Gasteiger partial charge is 0.334 e. The molecule has 1 aromatic carbocycles. The summed E-state index contributed by atoms with van der Waals surface area (Å²) in [6, 6.07) is 9.76. The van der Waals surface area contributed by atoms with E-state index < -0.39 is 16.5 Å². The first kappa shape index (κ1) is 18.0. The number of rotatable bonds is 6. The summed E-state index contributed by atoms with van der Waals surface area (Å²) >= 11 is 5.92. The van der Waals surface area contributed by atoms with Crippen LogP contribution in [0.1, 0.15) is 10.4 Å². The maximum Gasteiger partial charge on any atom is 0.355 e. The van der Waals surface area contributed by atoms with Gasteiger partial charge in [-0.2, -0.15) is 0 Å². The Hall–Kier alpha value is -3.79. The Morgan fingerprint density at radius 3 is 2.67 bits per heavy atom. The highest BCUT2D eigenvalue weighted by Crippen LogP contribution is 2.31. The van der Waals surface area contributed by atoms with Gasteiger partial charge in [-0.25, -0.2) is 9.97 Å². The van der Waals surface area contributed by atoms with Crippen molar-refractivity contribution in [3.8, 4) is 0 Å². The molecule has 27 heavy (non-hydrogen) atoms. The lowest BCUT2D eigenvalue weighted by Gasteiger charge is -2.11. The molecule has 11 heteroatoms. The van der Waals surface area contributed by atoms with Crippen molar-refractivity contribution in [2.45, 2.75) is 0 Å². The van der Waals surface area contributed by atoms with Crippen molar-refractivity contribution in [3.05, 3.63) is 75.8 Å². The molecule has 0 radical (unpaired) electrons. The highest BCUT2D eigenvalue weighted by Gasteiger charge is 2.23. The van der Waals surface area contributed by atoms with E-state index in [2.05, 4.69) is 31.1 Å². The van der Waals surface area contributed by atoms with Gasteiger partial charge in [0.1, 0.15) is 6.33 Å². The van der Waals surface area contributed by atoms with E-state index in [1.54, 1.807) is 36.4 Å². The largest absolute Gasteiger partial charge is 0.355 e. The molecule has 0 aliphatic carbocycles. The molecule has 0 atom stereocenters. The fraction of sp³-hybridized carbons (Fsp3) is 0. The molecule has 0 aliphatic heterocycles. The zero-order valence-electron chi connectivity index (χ0n) is 13.6. The third kappa shape index (κ3) is 4.44. The van der Waals surface area contributed by atoms with E-state index in [1.807, 2.05) is 0 Å². The highest BCUT2D eigenvalue weighted by molar-refractivity contribution is 6.30. The van der Waals surface area contributed by atoms with E-state index in [4.69, 9.17) is 11.6 Å². The Bertz CT molecular complexity index is 985.